The van der Waals surface area contributed by atoms with Gasteiger partial charge in [0.2, 0.25) is 0 Å². The van der Waals surface area contributed by atoms with Gasteiger partial charge in [-0.3, -0.25) is 0 Å². The molecule has 174 valence electrons. The average Bonchev–Trinajstić information content (AvgIpc) is 2.76. The number of benzene rings is 2. The summed E-state index contributed by atoms with van der Waals surface area (Å²) in [6.07, 6.45) is 2.52. The Kier molecular flexibility index (Phi) is 8.10. The molecular weight excluding hydrogens is 423 g/mol. The van der Waals surface area contributed by atoms with E-state index in [-0.39, 0.29) is 17.5 Å². The Hall–Kier alpha value is -2.21. The Morgan fingerprint density at radius 3 is 2.34 bits per heavy atom. The predicted molar refractivity (Wildman–Crippen MR) is 115 cm³/mol. The summed E-state index contributed by atoms with van der Waals surface area (Å²) in [7, 11) is 0. The zero-order valence-electron chi connectivity index (χ0n) is 18.3. The molecule has 1 fully saturated rings. The van der Waals surface area contributed by atoms with Crippen LogP contribution in [0.5, 0.6) is 0 Å². The van der Waals surface area contributed by atoms with E-state index in [1.54, 1.807) is 18.2 Å². The zero-order chi connectivity index (χ0) is 23.3. The SMILES string of the molecule is C=CCCc1ccc(C2CCC(OCc3ccc(CCC)c(F)c3F)C(F)(F)C2)cc1F. The van der Waals surface area contributed by atoms with Crippen LogP contribution in [0.3, 0.4) is 0 Å². The van der Waals surface area contributed by atoms with E-state index in [4.69, 9.17) is 4.74 Å². The van der Waals surface area contributed by atoms with E-state index in [1.165, 1.54) is 18.2 Å². The zero-order valence-corrected chi connectivity index (χ0v) is 18.3. The standard InChI is InChI=1S/C26H29F5O/c1-3-5-7-17-8-10-19(14-22(17)27)20-12-13-23(26(30,31)15-20)32-16-21-11-9-18(6-4-2)24(28)25(21)29/h3,8-11,14,20,23H,1,4-7,12-13,15-16H2,2H3. The maximum atomic E-state index is 14.8. The summed E-state index contributed by atoms with van der Waals surface area (Å²) < 4.78 is 77.7. The van der Waals surface area contributed by atoms with E-state index in [2.05, 4.69) is 6.58 Å². The normalized spacial score (nSPS) is 20.3. The lowest BCUT2D eigenvalue weighted by Crippen LogP contribution is -2.41. The summed E-state index contributed by atoms with van der Waals surface area (Å²) in [5.41, 5.74) is 1.28. The number of alkyl halides is 2. The van der Waals surface area contributed by atoms with Gasteiger partial charge in [-0.25, -0.2) is 22.0 Å². The van der Waals surface area contributed by atoms with Gasteiger partial charge in [0.05, 0.1) is 6.61 Å². The molecule has 2 aromatic rings. The van der Waals surface area contributed by atoms with Gasteiger partial charge in [0.1, 0.15) is 11.9 Å². The van der Waals surface area contributed by atoms with Gasteiger partial charge >= 0.3 is 0 Å². The molecule has 1 nitrogen and oxygen atoms in total. The first-order chi connectivity index (χ1) is 15.3. The second-order valence-electron chi connectivity index (χ2n) is 8.48. The highest BCUT2D eigenvalue weighted by Crippen LogP contribution is 2.44. The van der Waals surface area contributed by atoms with Crippen molar-refractivity contribution in [1.29, 1.82) is 0 Å². The predicted octanol–water partition coefficient (Wildman–Crippen LogP) is 7.66. The minimum absolute atomic E-state index is 0.0511. The molecule has 0 saturated heterocycles. The van der Waals surface area contributed by atoms with Gasteiger partial charge < -0.3 is 4.74 Å². The van der Waals surface area contributed by atoms with Crippen LogP contribution < -0.4 is 0 Å². The van der Waals surface area contributed by atoms with Gasteiger partial charge in [-0.2, -0.15) is 0 Å². The molecule has 3 rings (SSSR count). The third-order valence-electron chi connectivity index (χ3n) is 6.13. The molecule has 2 aromatic carbocycles. The Morgan fingerprint density at radius 1 is 1.00 bits per heavy atom. The highest BCUT2D eigenvalue weighted by atomic mass is 19.3. The molecule has 0 bridgehead atoms. The van der Waals surface area contributed by atoms with Crippen LogP contribution in [0.15, 0.2) is 43.0 Å². The third kappa shape index (κ3) is 5.58. The second-order valence-corrected chi connectivity index (χ2v) is 8.48. The van der Waals surface area contributed by atoms with Crippen LogP contribution >= 0.6 is 0 Å². The molecule has 0 heterocycles. The van der Waals surface area contributed by atoms with Crippen LogP contribution in [-0.4, -0.2) is 12.0 Å². The summed E-state index contributed by atoms with van der Waals surface area (Å²) >= 11 is 0. The Morgan fingerprint density at radius 2 is 1.69 bits per heavy atom. The number of hydrogen-bond donors (Lipinski definition) is 0. The van der Waals surface area contributed by atoms with Gasteiger partial charge in [0, 0.05) is 12.0 Å². The number of rotatable bonds is 9. The molecule has 0 N–H and O–H groups in total. The second kappa shape index (κ2) is 10.6. The van der Waals surface area contributed by atoms with Crippen molar-refractivity contribution in [3.63, 3.8) is 0 Å². The quantitative estimate of drug-likeness (QED) is 0.280. The van der Waals surface area contributed by atoms with E-state index < -0.39 is 48.4 Å². The van der Waals surface area contributed by atoms with Gasteiger partial charge in [-0.05, 0) is 60.8 Å². The molecular formula is C26H29F5O. The van der Waals surface area contributed by atoms with Crippen LogP contribution in [0.2, 0.25) is 0 Å². The minimum atomic E-state index is -3.15. The Balaban J connectivity index is 1.64. The molecule has 1 aliphatic carbocycles. The molecule has 1 aliphatic rings. The van der Waals surface area contributed by atoms with Crippen molar-refractivity contribution in [3.8, 4) is 0 Å². The van der Waals surface area contributed by atoms with E-state index >= 15 is 0 Å². The van der Waals surface area contributed by atoms with Gasteiger partial charge in [-0.15, -0.1) is 6.58 Å². The van der Waals surface area contributed by atoms with Crippen LogP contribution in [0, 0.1) is 17.5 Å². The van der Waals surface area contributed by atoms with Gasteiger partial charge in [0.25, 0.3) is 5.92 Å². The van der Waals surface area contributed by atoms with Crippen molar-refractivity contribution in [3.05, 3.63) is 82.7 Å². The fourth-order valence-electron chi connectivity index (χ4n) is 4.29. The number of aryl methyl sites for hydroxylation is 2. The Bertz CT molecular complexity index is 940. The summed E-state index contributed by atoms with van der Waals surface area (Å²) in [6.45, 7) is 5.05. The molecule has 2 unspecified atom stereocenters. The first kappa shape index (κ1) is 24.4. The van der Waals surface area contributed by atoms with E-state index in [0.29, 0.717) is 43.2 Å². The molecule has 0 aromatic heterocycles. The topological polar surface area (TPSA) is 9.23 Å². The lowest BCUT2D eigenvalue weighted by Gasteiger charge is -2.36. The number of halogens is 5. The molecule has 32 heavy (non-hydrogen) atoms. The van der Waals surface area contributed by atoms with Crippen LogP contribution in [-0.2, 0) is 24.2 Å². The molecule has 0 aliphatic heterocycles. The molecule has 0 radical (unpaired) electrons. The van der Waals surface area contributed by atoms with Gasteiger partial charge in [0.15, 0.2) is 11.6 Å². The Labute approximate surface area is 186 Å². The van der Waals surface area contributed by atoms with Crippen molar-refractivity contribution in [2.24, 2.45) is 0 Å². The fraction of sp³-hybridized carbons (Fsp3) is 0.462. The maximum Gasteiger partial charge on any atom is 0.274 e. The van der Waals surface area contributed by atoms with Crippen molar-refractivity contribution in [2.75, 3.05) is 0 Å². The minimum Gasteiger partial charge on any atom is -0.367 e. The highest BCUT2D eigenvalue weighted by Gasteiger charge is 2.46. The molecule has 0 spiro atoms. The van der Waals surface area contributed by atoms with Crippen molar-refractivity contribution in [2.45, 2.75) is 76.4 Å². The molecule has 2 atom stereocenters. The number of ether oxygens (including phenoxy) is 1. The smallest absolute Gasteiger partial charge is 0.274 e. The summed E-state index contributed by atoms with van der Waals surface area (Å²) in [6, 6.07) is 7.57. The summed E-state index contributed by atoms with van der Waals surface area (Å²) in [4.78, 5) is 0. The summed E-state index contributed by atoms with van der Waals surface area (Å²) in [5.74, 6) is -6.02. The maximum absolute atomic E-state index is 14.8. The monoisotopic (exact) mass is 452 g/mol. The van der Waals surface area contributed by atoms with Crippen LogP contribution in [0.4, 0.5) is 22.0 Å². The molecule has 6 heteroatoms. The van der Waals surface area contributed by atoms with E-state index in [9.17, 15) is 22.0 Å². The van der Waals surface area contributed by atoms with Crippen molar-refractivity contribution < 1.29 is 26.7 Å². The van der Waals surface area contributed by atoms with Crippen LogP contribution in [0.1, 0.15) is 67.2 Å². The molecule has 1 saturated carbocycles. The van der Waals surface area contributed by atoms with Crippen LogP contribution in [0.25, 0.3) is 0 Å². The number of hydrogen-bond acceptors (Lipinski definition) is 1. The lowest BCUT2D eigenvalue weighted by molar-refractivity contribution is -0.166. The third-order valence-corrected chi connectivity index (χ3v) is 6.13. The largest absolute Gasteiger partial charge is 0.367 e. The van der Waals surface area contributed by atoms with Crippen molar-refractivity contribution in [1.82, 2.24) is 0 Å². The number of allylic oxidation sites excluding steroid dienone is 1. The lowest BCUT2D eigenvalue weighted by atomic mass is 9.80. The summed E-state index contributed by atoms with van der Waals surface area (Å²) in [5, 5.41) is 0. The molecule has 0 amide bonds. The van der Waals surface area contributed by atoms with Gasteiger partial charge in [-0.1, -0.05) is 43.7 Å². The first-order valence-corrected chi connectivity index (χ1v) is 11.1. The fourth-order valence-corrected chi connectivity index (χ4v) is 4.29. The highest BCUT2D eigenvalue weighted by molar-refractivity contribution is 5.29. The van der Waals surface area contributed by atoms with Crippen molar-refractivity contribution >= 4 is 0 Å². The van der Waals surface area contributed by atoms with E-state index in [1.807, 2.05) is 6.92 Å². The first-order valence-electron chi connectivity index (χ1n) is 11.1. The van der Waals surface area contributed by atoms with E-state index in [0.717, 1.165) is 0 Å². The average molecular weight is 453 g/mol.